The molecule has 0 aromatic rings. The van der Waals surface area contributed by atoms with Crippen LogP contribution >= 0.6 is 15.6 Å². The van der Waals surface area contributed by atoms with Crippen LogP contribution in [0.2, 0.25) is 0 Å². The Morgan fingerprint density at radius 3 is 2.21 bits per heavy atom. The molecule has 9 heteroatoms. The van der Waals surface area contributed by atoms with Gasteiger partial charge in [0, 0.05) is 0 Å². The molecule has 0 aromatic carbocycles. The van der Waals surface area contributed by atoms with E-state index in [0.717, 1.165) is 25.7 Å². The van der Waals surface area contributed by atoms with Crippen molar-refractivity contribution in [3.63, 3.8) is 0 Å². The second-order valence-corrected chi connectivity index (χ2v) is 9.05. The minimum atomic E-state index is -5.05. The highest BCUT2D eigenvalue weighted by Gasteiger charge is 2.32. The van der Waals surface area contributed by atoms with Crippen molar-refractivity contribution in [2.75, 3.05) is 6.61 Å². The van der Waals surface area contributed by atoms with Gasteiger partial charge in [0.2, 0.25) is 0 Å². The van der Waals surface area contributed by atoms with E-state index in [1.807, 2.05) is 6.92 Å². The molecule has 24 heavy (non-hydrogen) atoms. The molecule has 0 spiro atoms. The zero-order chi connectivity index (χ0) is 18.8. The Labute approximate surface area is 144 Å². The molecule has 142 valence electrons. The van der Waals surface area contributed by atoms with Crippen molar-refractivity contribution in [1.82, 2.24) is 0 Å². The van der Waals surface area contributed by atoms with E-state index in [4.69, 9.17) is 14.7 Å². The lowest BCUT2D eigenvalue weighted by Crippen LogP contribution is -2.02. The average molecular weight is 384 g/mol. The van der Waals surface area contributed by atoms with Gasteiger partial charge in [0.05, 0.1) is 6.61 Å². The Morgan fingerprint density at radius 2 is 1.67 bits per heavy atom. The number of phosphoric ester groups is 1. The molecule has 0 amide bonds. The van der Waals surface area contributed by atoms with Crippen LogP contribution in [0, 0.1) is 5.92 Å². The largest absolute Gasteiger partial charge is 0.481 e. The van der Waals surface area contributed by atoms with Gasteiger partial charge in [-0.1, -0.05) is 30.2 Å². The summed E-state index contributed by atoms with van der Waals surface area (Å²) in [6.45, 7) is 8.16. The lowest BCUT2D eigenvalue weighted by atomic mass is 10.0. The van der Waals surface area contributed by atoms with E-state index in [2.05, 4.69) is 41.8 Å². The smallest absolute Gasteiger partial charge is 0.302 e. The first kappa shape index (κ1) is 23.7. The van der Waals surface area contributed by atoms with Crippen LogP contribution in [0.5, 0.6) is 0 Å². The molecule has 0 saturated carbocycles. The van der Waals surface area contributed by atoms with Gasteiger partial charge in [-0.05, 0) is 58.8 Å². The summed E-state index contributed by atoms with van der Waals surface area (Å²) < 4.78 is 30.0. The van der Waals surface area contributed by atoms with Crippen molar-refractivity contribution >= 4 is 15.6 Å². The molecule has 0 fully saturated rings. The number of hydrogen-bond donors (Lipinski definition) is 3. The van der Waals surface area contributed by atoms with Gasteiger partial charge in [-0.3, -0.25) is 4.52 Å². The van der Waals surface area contributed by atoms with Crippen molar-refractivity contribution in [2.45, 2.75) is 59.8 Å². The van der Waals surface area contributed by atoms with Crippen LogP contribution in [0.25, 0.3) is 0 Å². The van der Waals surface area contributed by atoms with Gasteiger partial charge in [-0.25, -0.2) is 9.13 Å². The Balaban J connectivity index is 3.98. The van der Waals surface area contributed by atoms with Gasteiger partial charge in [0.25, 0.3) is 0 Å². The Morgan fingerprint density at radius 1 is 1.04 bits per heavy atom. The fourth-order valence-corrected chi connectivity index (χ4v) is 3.58. The third kappa shape index (κ3) is 15.3. The molecule has 0 rings (SSSR count). The zero-order valence-corrected chi connectivity index (χ0v) is 16.6. The first-order valence-corrected chi connectivity index (χ1v) is 11.0. The van der Waals surface area contributed by atoms with Crippen LogP contribution in [0.3, 0.4) is 0 Å². The van der Waals surface area contributed by atoms with E-state index >= 15 is 0 Å². The summed E-state index contributed by atoms with van der Waals surface area (Å²) in [5, 5.41) is 0. The molecule has 2 atom stereocenters. The van der Waals surface area contributed by atoms with Gasteiger partial charge in [0.1, 0.15) is 0 Å². The molecular weight excluding hydrogens is 354 g/mol. The predicted molar refractivity (Wildman–Crippen MR) is 94.3 cm³/mol. The van der Waals surface area contributed by atoms with Crippen LogP contribution < -0.4 is 0 Å². The molecule has 0 aromatic heterocycles. The molecule has 7 nitrogen and oxygen atoms in total. The molecule has 0 aliphatic heterocycles. The molecular formula is C15H30O7P2. The van der Waals surface area contributed by atoms with Crippen LogP contribution in [0.4, 0.5) is 0 Å². The summed E-state index contributed by atoms with van der Waals surface area (Å²) in [6, 6.07) is 0. The molecule has 3 N–H and O–H groups in total. The van der Waals surface area contributed by atoms with E-state index in [1.165, 1.54) is 11.1 Å². The molecule has 0 radical (unpaired) electrons. The molecule has 0 aliphatic carbocycles. The van der Waals surface area contributed by atoms with Crippen molar-refractivity contribution in [3.05, 3.63) is 23.3 Å². The third-order valence-electron chi connectivity index (χ3n) is 3.32. The standard InChI is InChI=1S/C15H30O7P2/c1-13(2)7-5-8-14(3)9-6-10-15(4)11-12-21-24(19,20)22-23(16,17)18/h7,9,15H,5-6,8,10-12H2,1-4H3,(H,19,20)(H2,16,17,18)/b14-9+/t15-/m0/s1. The zero-order valence-electron chi connectivity index (χ0n) is 14.8. The molecule has 0 aliphatic rings. The fraction of sp³-hybridized carbons (Fsp3) is 0.733. The highest BCUT2D eigenvalue weighted by atomic mass is 31.3. The van der Waals surface area contributed by atoms with E-state index in [0.29, 0.717) is 6.42 Å². The maximum Gasteiger partial charge on any atom is 0.481 e. The van der Waals surface area contributed by atoms with E-state index < -0.39 is 15.6 Å². The van der Waals surface area contributed by atoms with Crippen molar-refractivity contribution in [1.29, 1.82) is 0 Å². The monoisotopic (exact) mass is 384 g/mol. The SMILES string of the molecule is CC(C)=CCC/C(C)=C/CC[C@H](C)CCOP(=O)(O)OP(=O)(O)O. The quantitative estimate of drug-likeness (QED) is 0.330. The maximum absolute atomic E-state index is 11.3. The van der Waals surface area contributed by atoms with Gasteiger partial charge < -0.3 is 14.7 Å². The summed E-state index contributed by atoms with van der Waals surface area (Å²) in [6.07, 6.45) is 8.81. The topological polar surface area (TPSA) is 113 Å². The Bertz CT molecular complexity index is 518. The number of phosphoric acid groups is 2. The van der Waals surface area contributed by atoms with Crippen LogP contribution in [-0.2, 0) is 18.0 Å². The summed E-state index contributed by atoms with van der Waals surface area (Å²) in [5.74, 6) is 0.252. The van der Waals surface area contributed by atoms with Crippen LogP contribution in [-0.4, -0.2) is 21.3 Å². The van der Waals surface area contributed by atoms with E-state index in [1.54, 1.807) is 0 Å². The van der Waals surface area contributed by atoms with Crippen LogP contribution in [0.15, 0.2) is 23.3 Å². The van der Waals surface area contributed by atoms with Crippen LogP contribution in [0.1, 0.15) is 59.8 Å². The predicted octanol–water partition coefficient (Wildman–Crippen LogP) is 4.71. The fourth-order valence-electron chi connectivity index (χ4n) is 1.98. The second-order valence-electron chi connectivity index (χ2n) is 6.22. The van der Waals surface area contributed by atoms with Crippen molar-refractivity contribution < 1.29 is 32.6 Å². The van der Waals surface area contributed by atoms with Gasteiger partial charge >= 0.3 is 15.6 Å². The Hall–Kier alpha value is -0.260. The summed E-state index contributed by atoms with van der Waals surface area (Å²) in [5.41, 5.74) is 2.66. The number of hydrogen-bond acceptors (Lipinski definition) is 4. The minimum absolute atomic E-state index is 0.0990. The van der Waals surface area contributed by atoms with Gasteiger partial charge in [-0.15, -0.1) is 0 Å². The van der Waals surface area contributed by atoms with Gasteiger partial charge in [0.15, 0.2) is 0 Å². The lowest BCUT2D eigenvalue weighted by molar-refractivity contribution is 0.170. The normalized spacial score (nSPS) is 16.5. The highest BCUT2D eigenvalue weighted by molar-refractivity contribution is 7.60. The molecule has 1 unspecified atom stereocenters. The highest BCUT2D eigenvalue weighted by Crippen LogP contribution is 2.57. The third-order valence-corrected chi connectivity index (χ3v) is 5.50. The average Bonchev–Trinajstić information content (AvgIpc) is 2.34. The van der Waals surface area contributed by atoms with E-state index in [9.17, 15) is 9.13 Å². The summed E-state index contributed by atoms with van der Waals surface area (Å²) in [4.78, 5) is 26.1. The summed E-state index contributed by atoms with van der Waals surface area (Å²) >= 11 is 0. The number of rotatable bonds is 12. The molecule has 0 heterocycles. The molecule has 0 bridgehead atoms. The minimum Gasteiger partial charge on any atom is -0.302 e. The van der Waals surface area contributed by atoms with E-state index in [-0.39, 0.29) is 12.5 Å². The first-order chi connectivity index (χ1) is 10.9. The van der Waals surface area contributed by atoms with Crippen molar-refractivity contribution in [2.24, 2.45) is 5.92 Å². The van der Waals surface area contributed by atoms with Gasteiger partial charge in [-0.2, -0.15) is 4.31 Å². The number of allylic oxidation sites excluding steroid dienone is 4. The van der Waals surface area contributed by atoms with Crippen molar-refractivity contribution in [3.8, 4) is 0 Å². The molecule has 0 saturated heterocycles. The maximum atomic E-state index is 11.3. The first-order valence-electron chi connectivity index (χ1n) is 7.94. The summed E-state index contributed by atoms with van der Waals surface area (Å²) in [7, 11) is -9.76. The second kappa shape index (κ2) is 11.4. The Kier molecular flexibility index (Phi) is 11.3. The lowest BCUT2D eigenvalue weighted by Gasteiger charge is -2.14.